The first kappa shape index (κ1) is 28.6. The summed E-state index contributed by atoms with van der Waals surface area (Å²) in [6.07, 6.45) is 11.7. The lowest BCUT2D eigenvalue weighted by molar-refractivity contribution is 0.0319. The number of carbonyl (C=O) groups is 1. The van der Waals surface area contributed by atoms with Crippen LogP contribution in [0, 0.1) is 0 Å². The predicted molar refractivity (Wildman–Crippen MR) is 153 cm³/mol. The predicted octanol–water partition coefficient (Wildman–Crippen LogP) is 9.28. The zero-order valence-electron chi connectivity index (χ0n) is 23.0. The smallest absolute Gasteiger partial charge is 0.338 e. The number of ether oxygens (including phenoxy) is 3. The molecule has 0 fully saturated rings. The van der Waals surface area contributed by atoms with Crippen molar-refractivity contribution in [1.82, 2.24) is 0 Å². The van der Waals surface area contributed by atoms with Crippen LogP contribution >= 0.6 is 0 Å². The highest BCUT2D eigenvalue weighted by Crippen LogP contribution is 2.29. The van der Waals surface area contributed by atoms with Gasteiger partial charge in [-0.1, -0.05) is 83.1 Å². The fourth-order valence-corrected chi connectivity index (χ4v) is 4.41. The van der Waals surface area contributed by atoms with Crippen LogP contribution in [0.5, 0.6) is 11.5 Å². The van der Waals surface area contributed by atoms with Crippen molar-refractivity contribution in [1.29, 1.82) is 0 Å². The number of esters is 1. The average molecular weight is 505 g/mol. The van der Waals surface area contributed by atoms with Gasteiger partial charge in [0.05, 0.1) is 18.3 Å². The topological polar surface area (TPSA) is 44.8 Å². The summed E-state index contributed by atoms with van der Waals surface area (Å²) >= 11 is 0. The molecule has 0 aromatic heterocycles. The van der Waals surface area contributed by atoms with Gasteiger partial charge < -0.3 is 14.2 Å². The Labute approximate surface area is 223 Å². The Morgan fingerprint density at radius 1 is 0.784 bits per heavy atom. The highest BCUT2D eigenvalue weighted by Gasteiger charge is 2.12. The molecular weight excluding hydrogens is 460 g/mol. The van der Waals surface area contributed by atoms with E-state index in [0.29, 0.717) is 12.2 Å². The normalized spacial score (nSPS) is 11.9. The standard InChI is InChI=1S/C33H44O4/c1-4-6-8-10-12-23-35-30-21-22-31-29(24-30)15-13-16-32(31)36-25-27-17-19-28(20-18-27)33(34)37-26(3)14-11-9-7-5-2/h13,15-22,24,26H,4-12,14,23,25H2,1-3H3/t26-/m1/s1. The molecule has 0 radical (unpaired) electrons. The van der Waals surface area contributed by atoms with Crippen LogP contribution in [0.2, 0.25) is 0 Å². The number of rotatable bonds is 17. The molecule has 200 valence electrons. The van der Waals surface area contributed by atoms with E-state index in [-0.39, 0.29) is 12.1 Å². The Kier molecular flexibility index (Phi) is 12.3. The Bertz CT molecular complexity index is 1070. The summed E-state index contributed by atoms with van der Waals surface area (Å²) in [5.41, 5.74) is 1.58. The minimum atomic E-state index is -0.261. The molecule has 3 aromatic carbocycles. The minimum Gasteiger partial charge on any atom is -0.494 e. The maximum Gasteiger partial charge on any atom is 0.338 e. The van der Waals surface area contributed by atoms with Crippen LogP contribution in [0.15, 0.2) is 60.7 Å². The Morgan fingerprint density at radius 3 is 2.27 bits per heavy atom. The highest BCUT2D eigenvalue weighted by molar-refractivity contribution is 5.90. The molecule has 4 nitrogen and oxygen atoms in total. The SMILES string of the molecule is CCCCCCCOc1ccc2c(OCc3ccc(C(=O)O[C@H](C)CCCCCC)cc3)cccc2c1. The van der Waals surface area contributed by atoms with Gasteiger partial charge in [-0.25, -0.2) is 4.79 Å². The van der Waals surface area contributed by atoms with Gasteiger partial charge in [-0.15, -0.1) is 0 Å². The summed E-state index contributed by atoms with van der Waals surface area (Å²) in [7, 11) is 0. The van der Waals surface area contributed by atoms with E-state index in [1.54, 1.807) is 0 Å². The summed E-state index contributed by atoms with van der Waals surface area (Å²) in [5, 5.41) is 2.16. The number of hydrogen-bond donors (Lipinski definition) is 0. The van der Waals surface area contributed by atoms with Crippen LogP contribution in [0.3, 0.4) is 0 Å². The second kappa shape index (κ2) is 16.0. The fourth-order valence-electron chi connectivity index (χ4n) is 4.41. The van der Waals surface area contributed by atoms with Crippen LogP contribution < -0.4 is 9.47 Å². The molecule has 0 aliphatic carbocycles. The number of fused-ring (bicyclic) bond motifs is 1. The second-order valence-corrected chi connectivity index (χ2v) is 9.95. The lowest BCUT2D eigenvalue weighted by Gasteiger charge is -2.14. The summed E-state index contributed by atoms with van der Waals surface area (Å²) in [6, 6.07) is 19.8. The lowest BCUT2D eigenvalue weighted by atomic mass is 10.1. The molecule has 0 spiro atoms. The molecule has 0 N–H and O–H groups in total. The van der Waals surface area contributed by atoms with Crippen molar-refractivity contribution in [2.24, 2.45) is 0 Å². The molecule has 1 atom stereocenters. The molecule has 0 unspecified atom stereocenters. The van der Waals surface area contributed by atoms with Gasteiger partial charge in [-0.2, -0.15) is 0 Å². The average Bonchev–Trinajstić information content (AvgIpc) is 2.92. The van der Waals surface area contributed by atoms with E-state index in [0.717, 1.165) is 53.7 Å². The third-order valence-corrected chi connectivity index (χ3v) is 6.68. The zero-order chi connectivity index (χ0) is 26.3. The van der Waals surface area contributed by atoms with Crippen molar-refractivity contribution in [3.8, 4) is 11.5 Å². The van der Waals surface area contributed by atoms with E-state index in [9.17, 15) is 4.79 Å². The first-order valence-electron chi connectivity index (χ1n) is 14.2. The molecule has 37 heavy (non-hydrogen) atoms. The summed E-state index contributed by atoms with van der Waals surface area (Å²) < 4.78 is 17.7. The molecule has 3 aromatic rings. The zero-order valence-corrected chi connectivity index (χ0v) is 23.0. The summed E-state index contributed by atoms with van der Waals surface area (Å²) in [5.74, 6) is 1.48. The van der Waals surface area contributed by atoms with Crippen molar-refractivity contribution in [2.45, 2.75) is 97.7 Å². The largest absolute Gasteiger partial charge is 0.494 e. The molecule has 4 heteroatoms. The van der Waals surface area contributed by atoms with E-state index < -0.39 is 0 Å². The van der Waals surface area contributed by atoms with Gasteiger partial charge in [0.25, 0.3) is 0 Å². The summed E-state index contributed by atoms with van der Waals surface area (Å²) in [4.78, 5) is 12.5. The van der Waals surface area contributed by atoms with Crippen molar-refractivity contribution in [3.05, 3.63) is 71.8 Å². The quantitative estimate of drug-likeness (QED) is 0.136. The van der Waals surface area contributed by atoms with E-state index in [1.807, 2.05) is 49.4 Å². The molecule has 3 rings (SSSR count). The molecule has 0 heterocycles. The summed E-state index contributed by atoms with van der Waals surface area (Å²) in [6.45, 7) is 7.59. The number of unbranched alkanes of at least 4 members (excludes halogenated alkanes) is 7. The first-order chi connectivity index (χ1) is 18.1. The van der Waals surface area contributed by atoms with Crippen molar-refractivity contribution < 1.29 is 19.0 Å². The van der Waals surface area contributed by atoms with Crippen molar-refractivity contribution in [3.63, 3.8) is 0 Å². The van der Waals surface area contributed by atoms with Gasteiger partial charge in [-0.05, 0) is 73.5 Å². The molecule has 0 amide bonds. The third kappa shape index (κ3) is 9.76. The van der Waals surface area contributed by atoms with Crippen LogP contribution in [0.4, 0.5) is 0 Å². The molecule has 0 aliphatic rings. The monoisotopic (exact) mass is 504 g/mol. The maximum atomic E-state index is 12.5. The van der Waals surface area contributed by atoms with Gasteiger partial charge in [0.2, 0.25) is 0 Å². The first-order valence-corrected chi connectivity index (χ1v) is 14.2. The number of carbonyl (C=O) groups excluding carboxylic acids is 1. The Hall–Kier alpha value is -3.01. The molecule has 0 bridgehead atoms. The lowest BCUT2D eigenvalue weighted by Crippen LogP contribution is -2.15. The number of hydrogen-bond acceptors (Lipinski definition) is 4. The molecule has 0 saturated heterocycles. The van der Waals surface area contributed by atoms with Gasteiger partial charge in [0, 0.05) is 5.39 Å². The maximum absolute atomic E-state index is 12.5. The van der Waals surface area contributed by atoms with Gasteiger partial charge >= 0.3 is 5.97 Å². The number of benzene rings is 3. The van der Waals surface area contributed by atoms with E-state index in [4.69, 9.17) is 14.2 Å². The van der Waals surface area contributed by atoms with Gasteiger partial charge in [0.15, 0.2) is 0 Å². The van der Waals surface area contributed by atoms with Crippen LogP contribution in [0.1, 0.15) is 101 Å². The van der Waals surface area contributed by atoms with E-state index >= 15 is 0 Å². The van der Waals surface area contributed by atoms with Crippen LogP contribution in [-0.4, -0.2) is 18.7 Å². The Balaban J connectivity index is 1.49. The highest BCUT2D eigenvalue weighted by atomic mass is 16.5. The van der Waals surface area contributed by atoms with Gasteiger partial charge in [0.1, 0.15) is 18.1 Å². The van der Waals surface area contributed by atoms with Crippen molar-refractivity contribution in [2.75, 3.05) is 6.61 Å². The van der Waals surface area contributed by atoms with Gasteiger partial charge in [-0.3, -0.25) is 0 Å². The van der Waals surface area contributed by atoms with E-state index in [1.165, 1.54) is 44.9 Å². The van der Waals surface area contributed by atoms with Crippen LogP contribution in [0.25, 0.3) is 10.8 Å². The van der Waals surface area contributed by atoms with Crippen molar-refractivity contribution >= 4 is 16.7 Å². The van der Waals surface area contributed by atoms with E-state index in [2.05, 4.69) is 32.0 Å². The molecular formula is C33H44O4. The minimum absolute atomic E-state index is 0.0598. The Morgan fingerprint density at radius 2 is 1.51 bits per heavy atom. The molecule has 0 aliphatic heterocycles. The van der Waals surface area contributed by atoms with Crippen LogP contribution in [-0.2, 0) is 11.3 Å². The molecule has 0 saturated carbocycles. The third-order valence-electron chi connectivity index (χ3n) is 6.68. The second-order valence-electron chi connectivity index (χ2n) is 9.95. The fraction of sp³-hybridized carbons (Fsp3) is 0.485.